The number of thiophene rings is 1. The first-order chi connectivity index (χ1) is 8.09. The fraction of sp³-hybridized carbons (Fsp3) is 0.500. The Morgan fingerprint density at radius 1 is 1.24 bits per heavy atom. The molecule has 4 nitrogen and oxygen atoms in total. The van der Waals surface area contributed by atoms with Crippen LogP contribution in [0.15, 0.2) is 0 Å². The minimum atomic E-state index is -0.437. The van der Waals surface area contributed by atoms with Crippen LogP contribution in [0, 0.1) is 0 Å². The molecule has 17 heavy (non-hydrogen) atoms. The lowest BCUT2D eigenvalue weighted by atomic mass is 10.1. The molecule has 1 aromatic rings. The number of hydrogen-bond donors (Lipinski definition) is 2. The summed E-state index contributed by atoms with van der Waals surface area (Å²) in [6, 6.07) is 0. The minimum Gasteiger partial charge on any atom is -0.365 e. The van der Waals surface area contributed by atoms with Crippen molar-refractivity contribution in [3.05, 3.63) is 16.0 Å². The summed E-state index contributed by atoms with van der Waals surface area (Å²) in [5.74, 6) is -0.600. The van der Waals surface area contributed by atoms with Crippen LogP contribution in [0.25, 0.3) is 0 Å². The van der Waals surface area contributed by atoms with E-state index in [1.165, 1.54) is 29.6 Å². The predicted octanol–water partition coefficient (Wildman–Crippen LogP) is 2.07. The highest BCUT2D eigenvalue weighted by atomic mass is 32.1. The average molecular weight is 252 g/mol. The minimum absolute atomic E-state index is 0.163. The summed E-state index contributed by atoms with van der Waals surface area (Å²) in [6.45, 7) is 1.44. The molecule has 5 heteroatoms. The van der Waals surface area contributed by atoms with E-state index >= 15 is 0 Å². The molecule has 0 saturated carbocycles. The standard InChI is InChI=1S/C12H16N2O2S/c1-7(15)14-12-10(11(13)16)8-5-3-2-4-6-9(8)17-12/h2-6H2,1H3,(H2,13,16)(H,14,15). The van der Waals surface area contributed by atoms with Gasteiger partial charge in [-0.2, -0.15) is 0 Å². The molecule has 0 spiro atoms. The highest BCUT2D eigenvalue weighted by Gasteiger charge is 2.23. The molecular weight excluding hydrogens is 236 g/mol. The maximum atomic E-state index is 11.5. The molecular formula is C12H16N2O2S. The van der Waals surface area contributed by atoms with Gasteiger partial charge in [0.05, 0.1) is 5.56 Å². The van der Waals surface area contributed by atoms with Crippen molar-refractivity contribution in [2.45, 2.75) is 39.0 Å². The zero-order valence-electron chi connectivity index (χ0n) is 9.84. The van der Waals surface area contributed by atoms with Gasteiger partial charge in [0.1, 0.15) is 5.00 Å². The van der Waals surface area contributed by atoms with Crippen molar-refractivity contribution in [3.63, 3.8) is 0 Å². The predicted molar refractivity (Wildman–Crippen MR) is 68.4 cm³/mol. The topological polar surface area (TPSA) is 72.2 Å². The summed E-state index contributed by atoms with van der Waals surface area (Å²) in [7, 11) is 0. The molecule has 0 unspecified atom stereocenters. The van der Waals surface area contributed by atoms with Crippen molar-refractivity contribution in [3.8, 4) is 0 Å². The molecule has 0 fully saturated rings. The van der Waals surface area contributed by atoms with Crippen LogP contribution in [0.2, 0.25) is 0 Å². The van der Waals surface area contributed by atoms with Crippen molar-refractivity contribution in [2.24, 2.45) is 5.73 Å². The van der Waals surface area contributed by atoms with Crippen LogP contribution < -0.4 is 11.1 Å². The first kappa shape index (κ1) is 12.1. The SMILES string of the molecule is CC(=O)Nc1sc2c(c1C(N)=O)CCCCC2. The third-order valence-electron chi connectivity index (χ3n) is 2.96. The molecule has 3 N–H and O–H groups in total. The quantitative estimate of drug-likeness (QED) is 0.791. The number of amides is 2. The molecule has 2 amide bonds. The third kappa shape index (κ3) is 2.49. The van der Waals surface area contributed by atoms with Gasteiger partial charge in [-0.05, 0) is 31.2 Å². The van der Waals surface area contributed by atoms with Crippen LogP contribution in [0.3, 0.4) is 0 Å². The smallest absolute Gasteiger partial charge is 0.251 e. The van der Waals surface area contributed by atoms with E-state index in [4.69, 9.17) is 5.73 Å². The van der Waals surface area contributed by atoms with Gasteiger partial charge in [0.25, 0.3) is 5.91 Å². The molecule has 1 aliphatic carbocycles. The Morgan fingerprint density at radius 3 is 2.59 bits per heavy atom. The van der Waals surface area contributed by atoms with E-state index in [0.29, 0.717) is 10.6 Å². The number of carbonyl (C=O) groups excluding carboxylic acids is 2. The largest absolute Gasteiger partial charge is 0.365 e. The summed E-state index contributed by atoms with van der Waals surface area (Å²) in [5.41, 5.74) is 7.02. The normalized spacial score (nSPS) is 14.9. The Bertz CT molecular complexity index is 465. The van der Waals surface area contributed by atoms with Crippen LogP contribution in [-0.4, -0.2) is 11.8 Å². The van der Waals surface area contributed by atoms with E-state index in [1.54, 1.807) is 0 Å². The van der Waals surface area contributed by atoms with E-state index in [-0.39, 0.29) is 5.91 Å². The van der Waals surface area contributed by atoms with E-state index in [9.17, 15) is 9.59 Å². The second kappa shape index (κ2) is 4.87. The molecule has 1 aromatic heterocycles. The molecule has 92 valence electrons. The number of carbonyl (C=O) groups is 2. The third-order valence-corrected chi connectivity index (χ3v) is 4.16. The number of aryl methyl sites for hydroxylation is 1. The number of nitrogens with one attached hydrogen (secondary N) is 1. The van der Waals surface area contributed by atoms with E-state index in [2.05, 4.69) is 5.32 Å². The van der Waals surface area contributed by atoms with Crippen molar-refractivity contribution < 1.29 is 9.59 Å². The van der Waals surface area contributed by atoms with Gasteiger partial charge >= 0.3 is 0 Å². The second-order valence-electron chi connectivity index (χ2n) is 4.31. The van der Waals surface area contributed by atoms with E-state index < -0.39 is 5.91 Å². The lowest BCUT2D eigenvalue weighted by molar-refractivity contribution is -0.114. The molecule has 1 aliphatic rings. The second-order valence-corrected chi connectivity index (χ2v) is 5.42. The zero-order chi connectivity index (χ0) is 12.4. The van der Waals surface area contributed by atoms with Gasteiger partial charge in [-0.1, -0.05) is 6.42 Å². The molecule has 2 rings (SSSR count). The number of fused-ring (bicyclic) bond motifs is 1. The summed E-state index contributed by atoms with van der Waals surface area (Å²) in [4.78, 5) is 23.8. The Balaban J connectivity index is 2.46. The fourth-order valence-electron chi connectivity index (χ4n) is 2.25. The molecule has 0 aromatic carbocycles. The lowest BCUT2D eigenvalue weighted by Gasteiger charge is -2.03. The van der Waals surface area contributed by atoms with Gasteiger partial charge in [-0.25, -0.2) is 0 Å². The Morgan fingerprint density at radius 2 is 1.94 bits per heavy atom. The lowest BCUT2D eigenvalue weighted by Crippen LogP contribution is -2.16. The van der Waals surface area contributed by atoms with Crippen LogP contribution >= 0.6 is 11.3 Å². The average Bonchev–Trinajstić information content (AvgIpc) is 2.42. The monoisotopic (exact) mass is 252 g/mol. The number of rotatable bonds is 2. The summed E-state index contributed by atoms with van der Waals surface area (Å²) in [5, 5.41) is 3.33. The van der Waals surface area contributed by atoms with Crippen LogP contribution in [0.4, 0.5) is 5.00 Å². The summed E-state index contributed by atoms with van der Waals surface area (Å²) >= 11 is 1.50. The fourth-order valence-corrected chi connectivity index (χ4v) is 3.59. The molecule has 0 radical (unpaired) electrons. The Labute approximate surface area is 104 Å². The maximum Gasteiger partial charge on any atom is 0.251 e. The highest BCUT2D eigenvalue weighted by Crippen LogP contribution is 2.37. The zero-order valence-corrected chi connectivity index (χ0v) is 10.7. The van der Waals surface area contributed by atoms with Crippen LogP contribution in [0.5, 0.6) is 0 Å². The van der Waals surface area contributed by atoms with Gasteiger partial charge in [-0.3, -0.25) is 9.59 Å². The maximum absolute atomic E-state index is 11.5. The molecule has 1 heterocycles. The van der Waals surface area contributed by atoms with Gasteiger partial charge in [0.15, 0.2) is 0 Å². The van der Waals surface area contributed by atoms with Crippen molar-refractivity contribution in [1.29, 1.82) is 0 Å². The van der Waals surface area contributed by atoms with Crippen molar-refractivity contribution in [1.82, 2.24) is 0 Å². The number of nitrogens with two attached hydrogens (primary N) is 1. The Hall–Kier alpha value is -1.36. The highest BCUT2D eigenvalue weighted by molar-refractivity contribution is 7.17. The van der Waals surface area contributed by atoms with Crippen molar-refractivity contribution in [2.75, 3.05) is 5.32 Å². The first-order valence-corrected chi connectivity index (χ1v) is 6.63. The van der Waals surface area contributed by atoms with Crippen LogP contribution in [0.1, 0.15) is 47.0 Å². The van der Waals surface area contributed by atoms with Crippen molar-refractivity contribution >= 4 is 28.2 Å². The molecule has 0 atom stereocenters. The molecule has 0 saturated heterocycles. The summed E-state index contributed by atoms with van der Waals surface area (Å²) < 4.78 is 0. The van der Waals surface area contributed by atoms with E-state index in [0.717, 1.165) is 31.2 Å². The van der Waals surface area contributed by atoms with Gasteiger partial charge < -0.3 is 11.1 Å². The number of hydrogen-bond acceptors (Lipinski definition) is 3. The molecule has 0 bridgehead atoms. The number of primary amides is 1. The van der Waals surface area contributed by atoms with E-state index in [1.807, 2.05) is 0 Å². The van der Waals surface area contributed by atoms with Gasteiger partial charge in [0.2, 0.25) is 5.91 Å². The van der Waals surface area contributed by atoms with Gasteiger partial charge in [0, 0.05) is 11.8 Å². The van der Waals surface area contributed by atoms with Crippen LogP contribution in [-0.2, 0) is 17.6 Å². The molecule has 0 aliphatic heterocycles. The number of anilines is 1. The summed E-state index contributed by atoms with van der Waals surface area (Å²) in [6.07, 6.45) is 5.30. The Kier molecular flexibility index (Phi) is 3.47. The van der Waals surface area contributed by atoms with Gasteiger partial charge in [-0.15, -0.1) is 11.3 Å². The first-order valence-electron chi connectivity index (χ1n) is 5.81.